The number of ether oxygens (including phenoxy) is 1. The van der Waals surface area contributed by atoms with Gasteiger partial charge < -0.3 is 10.1 Å². The number of hydrogen-bond donors (Lipinski definition) is 1. The minimum atomic E-state index is -0.370. The predicted octanol–water partition coefficient (Wildman–Crippen LogP) is 3.81. The Hall–Kier alpha value is -1.37. The second-order valence-electron chi connectivity index (χ2n) is 3.63. The van der Waals surface area contributed by atoms with Crippen LogP contribution in [0.3, 0.4) is 0 Å². The molecule has 1 aromatic heterocycles. The molecule has 1 heterocycles. The Kier molecular flexibility index (Phi) is 4.80. The standard InChI is InChI=1S/C12H8BrCl2N3O2/c1-20-8-3-2-6(4-7(8)13)12(19)18-11-9(14)10(15)16-5-17-11/h2-5H,1H3,(H,16,17,18,19). The number of nitrogens with one attached hydrogen (secondary N) is 1. The number of benzene rings is 1. The Morgan fingerprint density at radius 3 is 2.75 bits per heavy atom. The molecule has 0 aliphatic carbocycles. The van der Waals surface area contributed by atoms with Gasteiger partial charge in [0.05, 0.1) is 11.6 Å². The number of carbonyl (C=O) groups is 1. The van der Waals surface area contributed by atoms with Gasteiger partial charge in [-0.3, -0.25) is 4.79 Å². The van der Waals surface area contributed by atoms with Crippen LogP contribution in [0.1, 0.15) is 10.4 Å². The highest BCUT2D eigenvalue weighted by molar-refractivity contribution is 9.10. The van der Waals surface area contributed by atoms with Gasteiger partial charge in [0, 0.05) is 5.56 Å². The molecule has 104 valence electrons. The van der Waals surface area contributed by atoms with E-state index in [-0.39, 0.29) is 21.9 Å². The van der Waals surface area contributed by atoms with Gasteiger partial charge in [0.2, 0.25) is 0 Å². The van der Waals surface area contributed by atoms with Gasteiger partial charge in [-0.2, -0.15) is 0 Å². The van der Waals surface area contributed by atoms with Crippen LogP contribution in [0.4, 0.5) is 5.82 Å². The number of methoxy groups -OCH3 is 1. The van der Waals surface area contributed by atoms with Crippen LogP contribution in [-0.2, 0) is 0 Å². The fraction of sp³-hybridized carbons (Fsp3) is 0.0833. The summed E-state index contributed by atoms with van der Waals surface area (Å²) in [5, 5.41) is 2.73. The van der Waals surface area contributed by atoms with Crippen LogP contribution in [0, 0.1) is 0 Å². The van der Waals surface area contributed by atoms with Gasteiger partial charge in [-0.25, -0.2) is 9.97 Å². The molecule has 0 bridgehead atoms. The molecular formula is C12H8BrCl2N3O2. The summed E-state index contributed by atoms with van der Waals surface area (Å²) in [4.78, 5) is 19.7. The smallest absolute Gasteiger partial charge is 0.256 e. The number of amides is 1. The number of rotatable bonds is 3. The minimum Gasteiger partial charge on any atom is -0.496 e. The lowest BCUT2D eigenvalue weighted by atomic mass is 10.2. The van der Waals surface area contributed by atoms with Crippen LogP contribution in [0.5, 0.6) is 5.75 Å². The summed E-state index contributed by atoms with van der Waals surface area (Å²) in [5.74, 6) is 0.415. The van der Waals surface area contributed by atoms with Crippen molar-refractivity contribution in [2.45, 2.75) is 0 Å². The van der Waals surface area contributed by atoms with Gasteiger partial charge in [0.1, 0.15) is 17.1 Å². The van der Waals surface area contributed by atoms with E-state index >= 15 is 0 Å². The van der Waals surface area contributed by atoms with E-state index in [0.29, 0.717) is 15.8 Å². The summed E-state index contributed by atoms with van der Waals surface area (Å²) in [5.41, 5.74) is 0.420. The first-order valence-corrected chi connectivity index (χ1v) is 6.88. The fourth-order valence-electron chi connectivity index (χ4n) is 1.42. The number of anilines is 1. The van der Waals surface area contributed by atoms with E-state index in [0.717, 1.165) is 0 Å². The summed E-state index contributed by atoms with van der Waals surface area (Å²) in [6, 6.07) is 4.92. The number of hydrogen-bond acceptors (Lipinski definition) is 4. The highest BCUT2D eigenvalue weighted by Crippen LogP contribution is 2.28. The lowest BCUT2D eigenvalue weighted by Crippen LogP contribution is -2.13. The molecule has 1 N–H and O–H groups in total. The third kappa shape index (κ3) is 3.20. The molecule has 2 aromatic rings. The van der Waals surface area contributed by atoms with Crippen molar-refractivity contribution < 1.29 is 9.53 Å². The number of halogens is 3. The Morgan fingerprint density at radius 1 is 1.35 bits per heavy atom. The molecule has 0 aliphatic rings. The lowest BCUT2D eigenvalue weighted by Gasteiger charge is -2.08. The summed E-state index contributed by atoms with van der Waals surface area (Å²) in [6.07, 6.45) is 1.22. The molecule has 0 radical (unpaired) electrons. The van der Waals surface area contributed by atoms with Crippen molar-refractivity contribution in [2.75, 3.05) is 12.4 Å². The molecule has 0 atom stereocenters. The quantitative estimate of drug-likeness (QED) is 0.827. The lowest BCUT2D eigenvalue weighted by molar-refractivity contribution is 0.102. The minimum absolute atomic E-state index is 0.0767. The molecule has 1 amide bonds. The molecule has 8 heteroatoms. The molecule has 0 unspecified atom stereocenters. The number of aromatic nitrogens is 2. The van der Waals surface area contributed by atoms with E-state index in [1.807, 2.05) is 0 Å². The van der Waals surface area contributed by atoms with E-state index in [2.05, 4.69) is 31.2 Å². The van der Waals surface area contributed by atoms with Crippen LogP contribution in [0.15, 0.2) is 29.0 Å². The van der Waals surface area contributed by atoms with Gasteiger partial charge in [0.15, 0.2) is 11.0 Å². The topological polar surface area (TPSA) is 64.1 Å². The molecule has 1 aromatic carbocycles. The van der Waals surface area contributed by atoms with Crippen LogP contribution >= 0.6 is 39.1 Å². The van der Waals surface area contributed by atoms with Crippen molar-refractivity contribution >= 4 is 50.9 Å². The Morgan fingerprint density at radius 2 is 2.10 bits per heavy atom. The Balaban J connectivity index is 2.24. The molecule has 20 heavy (non-hydrogen) atoms. The SMILES string of the molecule is COc1ccc(C(=O)Nc2ncnc(Cl)c2Cl)cc1Br. The van der Waals surface area contributed by atoms with Crippen molar-refractivity contribution in [1.82, 2.24) is 9.97 Å². The van der Waals surface area contributed by atoms with Gasteiger partial charge >= 0.3 is 0 Å². The first kappa shape index (κ1) is 15.0. The largest absolute Gasteiger partial charge is 0.496 e. The van der Waals surface area contributed by atoms with Crippen molar-refractivity contribution in [2.24, 2.45) is 0 Å². The Labute approximate surface area is 133 Å². The molecule has 5 nitrogen and oxygen atoms in total. The summed E-state index contributed by atoms with van der Waals surface area (Å²) < 4.78 is 5.76. The molecule has 0 spiro atoms. The number of carbonyl (C=O) groups excluding carboxylic acids is 1. The van der Waals surface area contributed by atoms with E-state index in [1.165, 1.54) is 6.33 Å². The van der Waals surface area contributed by atoms with Gasteiger partial charge in [0.25, 0.3) is 5.91 Å². The first-order valence-electron chi connectivity index (χ1n) is 5.34. The van der Waals surface area contributed by atoms with E-state index in [9.17, 15) is 4.79 Å². The molecule has 2 rings (SSSR count). The van der Waals surface area contributed by atoms with Crippen LogP contribution in [0.25, 0.3) is 0 Å². The monoisotopic (exact) mass is 375 g/mol. The summed E-state index contributed by atoms with van der Waals surface area (Å²) in [7, 11) is 1.54. The third-order valence-corrected chi connectivity index (χ3v) is 3.75. The van der Waals surface area contributed by atoms with Crippen molar-refractivity contribution in [3.8, 4) is 5.75 Å². The van der Waals surface area contributed by atoms with E-state index < -0.39 is 0 Å². The van der Waals surface area contributed by atoms with Crippen molar-refractivity contribution in [3.05, 3.63) is 44.7 Å². The maximum Gasteiger partial charge on any atom is 0.256 e. The predicted molar refractivity (Wildman–Crippen MR) is 80.7 cm³/mol. The van der Waals surface area contributed by atoms with Crippen LogP contribution < -0.4 is 10.1 Å². The van der Waals surface area contributed by atoms with Crippen molar-refractivity contribution in [3.63, 3.8) is 0 Å². The van der Waals surface area contributed by atoms with Crippen molar-refractivity contribution in [1.29, 1.82) is 0 Å². The summed E-state index contributed by atoms with van der Waals surface area (Å²) in [6.45, 7) is 0. The van der Waals surface area contributed by atoms with Crippen LogP contribution in [0.2, 0.25) is 10.2 Å². The maximum absolute atomic E-state index is 12.1. The second kappa shape index (κ2) is 6.39. The number of nitrogens with zero attached hydrogens (tertiary/aromatic N) is 2. The van der Waals surface area contributed by atoms with Gasteiger partial charge in [-0.05, 0) is 34.1 Å². The maximum atomic E-state index is 12.1. The zero-order valence-corrected chi connectivity index (χ0v) is 13.3. The normalized spacial score (nSPS) is 10.2. The van der Waals surface area contributed by atoms with E-state index in [1.54, 1.807) is 25.3 Å². The van der Waals surface area contributed by atoms with E-state index in [4.69, 9.17) is 27.9 Å². The van der Waals surface area contributed by atoms with Gasteiger partial charge in [-0.1, -0.05) is 23.2 Å². The summed E-state index contributed by atoms with van der Waals surface area (Å²) >= 11 is 15.0. The molecule has 0 aliphatic heterocycles. The zero-order chi connectivity index (χ0) is 14.7. The Bertz CT molecular complexity index is 667. The molecular weight excluding hydrogens is 369 g/mol. The molecule has 0 saturated carbocycles. The average molecular weight is 377 g/mol. The first-order chi connectivity index (χ1) is 9.52. The third-order valence-electron chi connectivity index (χ3n) is 2.39. The fourth-order valence-corrected chi connectivity index (χ4v) is 2.24. The highest BCUT2D eigenvalue weighted by Gasteiger charge is 2.13. The van der Waals surface area contributed by atoms with Gasteiger partial charge in [-0.15, -0.1) is 0 Å². The van der Waals surface area contributed by atoms with Crippen LogP contribution in [-0.4, -0.2) is 23.0 Å². The highest BCUT2D eigenvalue weighted by atomic mass is 79.9. The molecule has 0 saturated heterocycles. The zero-order valence-electron chi connectivity index (χ0n) is 10.2. The second-order valence-corrected chi connectivity index (χ2v) is 5.22. The average Bonchev–Trinajstić information content (AvgIpc) is 2.43. The molecule has 0 fully saturated rings.